The van der Waals surface area contributed by atoms with Crippen LogP contribution < -0.4 is 0 Å². The molecule has 1 rings (SSSR count). The van der Waals surface area contributed by atoms with Gasteiger partial charge in [0.05, 0.1) is 25.6 Å². The molecule has 4 nitrogen and oxygen atoms in total. The van der Waals surface area contributed by atoms with Crippen molar-refractivity contribution in [3.63, 3.8) is 0 Å². The van der Waals surface area contributed by atoms with Gasteiger partial charge >= 0.3 is 5.97 Å². The number of benzene rings is 1. The Morgan fingerprint density at radius 2 is 1.76 bits per heavy atom. The van der Waals surface area contributed by atoms with E-state index >= 15 is 0 Å². The quantitative estimate of drug-likeness (QED) is 0.724. The Hall–Kier alpha value is -1.68. The molecule has 0 fully saturated rings. The fourth-order valence-electron chi connectivity index (χ4n) is 1.80. The van der Waals surface area contributed by atoms with Gasteiger partial charge in [-0.15, -0.1) is 0 Å². The third kappa shape index (κ3) is 7.61. The number of ketones is 1. The van der Waals surface area contributed by atoms with Crippen molar-refractivity contribution in [1.29, 1.82) is 0 Å². The van der Waals surface area contributed by atoms with E-state index in [1.807, 2.05) is 30.3 Å². The Balaban J connectivity index is 2.43. The van der Waals surface area contributed by atoms with Crippen LogP contribution in [0.5, 0.6) is 0 Å². The third-order valence-electron chi connectivity index (χ3n) is 2.84. The SMILES string of the molecule is CC(=O)[C@@H](COCc1ccccc1)CC(=O)OC(C)(C)C. The lowest BCUT2D eigenvalue weighted by molar-refractivity contribution is -0.157. The zero-order chi connectivity index (χ0) is 15.9. The first-order valence-corrected chi connectivity index (χ1v) is 7.12. The molecule has 0 aliphatic heterocycles. The first kappa shape index (κ1) is 17.4. The van der Waals surface area contributed by atoms with Gasteiger partial charge in [0, 0.05) is 0 Å². The number of hydrogen-bond acceptors (Lipinski definition) is 4. The van der Waals surface area contributed by atoms with Gasteiger partial charge in [-0.1, -0.05) is 30.3 Å². The van der Waals surface area contributed by atoms with Crippen molar-refractivity contribution in [2.75, 3.05) is 6.61 Å². The monoisotopic (exact) mass is 292 g/mol. The van der Waals surface area contributed by atoms with Crippen LogP contribution >= 0.6 is 0 Å². The number of carbonyl (C=O) groups is 2. The van der Waals surface area contributed by atoms with Crippen molar-refractivity contribution in [1.82, 2.24) is 0 Å². The predicted molar refractivity (Wildman–Crippen MR) is 80.7 cm³/mol. The van der Waals surface area contributed by atoms with E-state index in [4.69, 9.17) is 9.47 Å². The van der Waals surface area contributed by atoms with Crippen LogP contribution in [0.25, 0.3) is 0 Å². The second kappa shape index (κ2) is 7.93. The molecule has 21 heavy (non-hydrogen) atoms. The van der Waals surface area contributed by atoms with Gasteiger partial charge in [0.15, 0.2) is 0 Å². The first-order chi connectivity index (χ1) is 9.78. The number of rotatable bonds is 7. The molecule has 116 valence electrons. The molecule has 0 aliphatic carbocycles. The van der Waals surface area contributed by atoms with Gasteiger partial charge in [0.2, 0.25) is 0 Å². The number of hydrogen-bond donors (Lipinski definition) is 0. The Labute approximate surface area is 126 Å². The van der Waals surface area contributed by atoms with E-state index < -0.39 is 11.5 Å². The molecule has 1 aromatic carbocycles. The molecule has 0 radical (unpaired) electrons. The highest BCUT2D eigenvalue weighted by Gasteiger charge is 2.23. The summed E-state index contributed by atoms with van der Waals surface area (Å²) < 4.78 is 10.8. The molecule has 0 unspecified atom stereocenters. The fraction of sp³-hybridized carbons (Fsp3) is 0.529. The summed E-state index contributed by atoms with van der Waals surface area (Å²) in [7, 11) is 0. The normalized spacial score (nSPS) is 12.8. The summed E-state index contributed by atoms with van der Waals surface area (Å²) in [5.74, 6) is -0.886. The maximum Gasteiger partial charge on any atom is 0.307 e. The van der Waals surface area contributed by atoms with Crippen molar-refractivity contribution in [3.8, 4) is 0 Å². The van der Waals surface area contributed by atoms with E-state index in [1.54, 1.807) is 20.8 Å². The molecular formula is C17H24O4. The summed E-state index contributed by atoms with van der Waals surface area (Å²) in [6.45, 7) is 7.54. The minimum Gasteiger partial charge on any atom is -0.460 e. The highest BCUT2D eigenvalue weighted by atomic mass is 16.6. The van der Waals surface area contributed by atoms with Crippen molar-refractivity contribution in [3.05, 3.63) is 35.9 Å². The Kier molecular flexibility index (Phi) is 6.56. The largest absolute Gasteiger partial charge is 0.460 e. The summed E-state index contributed by atoms with van der Waals surface area (Å²) in [5, 5.41) is 0. The minimum atomic E-state index is -0.538. The molecule has 1 aromatic rings. The molecule has 4 heteroatoms. The maximum atomic E-state index is 11.8. The van der Waals surface area contributed by atoms with Gasteiger partial charge in [0.1, 0.15) is 11.4 Å². The number of Topliss-reactive ketones (excluding diaryl/α,β-unsaturated/α-hetero) is 1. The highest BCUT2D eigenvalue weighted by molar-refractivity contribution is 5.83. The van der Waals surface area contributed by atoms with Crippen LogP contribution in [0.3, 0.4) is 0 Å². The van der Waals surface area contributed by atoms with Gasteiger partial charge in [-0.05, 0) is 33.3 Å². The van der Waals surface area contributed by atoms with E-state index in [1.165, 1.54) is 6.92 Å². The summed E-state index contributed by atoms with van der Waals surface area (Å²) in [4.78, 5) is 23.4. The average molecular weight is 292 g/mol. The number of carbonyl (C=O) groups excluding carboxylic acids is 2. The van der Waals surface area contributed by atoms with E-state index in [2.05, 4.69) is 0 Å². The van der Waals surface area contributed by atoms with Gasteiger partial charge in [-0.25, -0.2) is 0 Å². The molecular weight excluding hydrogens is 268 g/mol. The molecule has 0 amide bonds. The molecule has 0 heterocycles. The highest BCUT2D eigenvalue weighted by Crippen LogP contribution is 2.14. The molecule has 0 aromatic heterocycles. The maximum absolute atomic E-state index is 11.8. The third-order valence-corrected chi connectivity index (χ3v) is 2.84. The standard InChI is InChI=1S/C17H24O4/c1-13(18)15(10-16(19)21-17(2,3)4)12-20-11-14-8-6-5-7-9-14/h5-9,15H,10-12H2,1-4H3/t15-/m1/s1. The molecule has 0 aliphatic rings. The molecule has 0 bridgehead atoms. The van der Waals surface area contributed by atoms with E-state index in [-0.39, 0.29) is 24.8 Å². The average Bonchev–Trinajstić information content (AvgIpc) is 2.36. The predicted octanol–water partition coefficient (Wildman–Crippen LogP) is 3.14. The van der Waals surface area contributed by atoms with E-state index in [0.29, 0.717) is 6.61 Å². The van der Waals surface area contributed by atoms with Gasteiger partial charge in [-0.2, -0.15) is 0 Å². The molecule has 0 saturated heterocycles. The Bertz CT molecular complexity index is 459. The summed E-state index contributed by atoms with van der Waals surface area (Å²) in [6, 6.07) is 9.71. The van der Waals surface area contributed by atoms with Crippen LogP contribution in [0.4, 0.5) is 0 Å². The van der Waals surface area contributed by atoms with E-state index in [0.717, 1.165) is 5.56 Å². The van der Waals surface area contributed by atoms with Crippen LogP contribution in [0.1, 0.15) is 39.7 Å². The van der Waals surface area contributed by atoms with Crippen molar-refractivity contribution in [2.45, 2.75) is 46.3 Å². The summed E-state index contributed by atoms with van der Waals surface area (Å²) >= 11 is 0. The van der Waals surface area contributed by atoms with E-state index in [9.17, 15) is 9.59 Å². The molecule has 0 saturated carbocycles. The topological polar surface area (TPSA) is 52.6 Å². The van der Waals surface area contributed by atoms with Gasteiger partial charge < -0.3 is 9.47 Å². The van der Waals surface area contributed by atoms with Crippen LogP contribution in [0.2, 0.25) is 0 Å². The molecule has 1 atom stereocenters. The number of ether oxygens (including phenoxy) is 2. The lowest BCUT2D eigenvalue weighted by Crippen LogP contribution is -2.28. The van der Waals surface area contributed by atoms with Crippen LogP contribution in [0, 0.1) is 5.92 Å². The second-order valence-corrected chi connectivity index (χ2v) is 6.10. The Morgan fingerprint density at radius 1 is 1.14 bits per heavy atom. The minimum absolute atomic E-state index is 0.0569. The zero-order valence-electron chi connectivity index (χ0n) is 13.2. The summed E-state index contributed by atoms with van der Waals surface area (Å²) in [6.07, 6.45) is 0.0569. The molecule has 0 N–H and O–H groups in total. The first-order valence-electron chi connectivity index (χ1n) is 7.12. The van der Waals surface area contributed by atoms with Crippen LogP contribution in [-0.2, 0) is 25.7 Å². The lowest BCUT2D eigenvalue weighted by atomic mass is 10.0. The van der Waals surface area contributed by atoms with Crippen LogP contribution in [0.15, 0.2) is 30.3 Å². The van der Waals surface area contributed by atoms with Crippen LogP contribution in [-0.4, -0.2) is 24.0 Å². The summed E-state index contributed by atoms with van der Waals surface area (Å²) in [5.41, 5.74) is 0.501. The lowest BCUT2D eigenvalue weighted by Gasteiger charge is -2.21. The smallest absolute Gasteiger partial charge is 0.307 e. The van der Waals surface area contributed by atoms with Gasteiger partial charge in [0.25, 0.3) is 0 Å². The van der Waals surface area contributed by atoms with Crippen molar-refractivity contribution < 1.29 is 19.1 Å². The Morgan fingerprint density at radius 3 is 2.29 bits per heavy atom. The second-order valence-electron chi connectivity index (χ2n) is 6.10. The van der Waals surface area contributed by atoms with Crippen molar-refractivity contribution in [2.24, 2.45) is 5.92 Å². The number of esters is 1. The zero-order valence-corrected chi connectivity index (χ0v) is 13.2. The molecule has 0 spiro atoms. The van der Waals surface area contributed by atoms with Gasteiger partial charge in [-0.3, -0.25) is 9.59 Å². The fourth-order valence-corrected chi connectivity index (χ4v) is 1.80. The van der Waals surface area contributed by atoms with Crippen molar-refractivity contribution >= 4 is 11.8 Å².